The van der Waals surface area contributed by atoms with Crippen LogP contribution in [0.2, 0.25) is 0 Å². The van der Waals surface area contributed by atoms with Crippen LogP contribution in [0.3, 0.4) is 0 Å². The molecular formula is C19H23OSb. The first-order chi connectivity index (χ1) is 9.85. The summed E-state index contributed by atoms with van der Waals surface area (Å²) in [6.07, 6.45) is 0.0280. The van der Waals surface area contributed by atoms with Crippen LogP contribution in [0.4, 0.5) is 0 Å². The Bertz CT molecular complexity index is 570. The molecule has 0 unspecified atom stereocenters. The molecule has 0 aliphatic heterocycles. The fourth-order valence-corrected chi connectivity index (χ4v) is 4.06. The van der Waals surface area contributed by atoms with Crippen LogP contribution in [-0.4, -0.2) is 23.4 Å². The Morgan fingerprint density at radius 2 is 0.952 bits per heavy atom. The first kappa shape index (κ1) is 16.6. The molecule has 0 fully saturated rings. The summed E-state index contributed by atoms with van der Waals surface area (Å²) < 4.78 is 5.98. The molecule has 0 atom stereocenters. The van der Waals surface area contributed by atoms with Crippen molar-refractivity contribution < 1.29 is 3.02 Å². The molecule has 0 saturated carbocycles. The Morgan fingerprint density at radius 1 is 0.667 bits per heavy atom. The third-order valence-corrected chi connectivity index (χ3v) is 4.71. The van der Waals surface area contributed by atoms with Gasteiger partial charge in [0, 0.05) is 0 Å². The van der Waals surface area contributed by atoms with Gasteiger partial charge in [-0.1, -0.05) is 0 Å². The van der Waals surface area contributed by atoms with E-state index < -0.39 is 0 Å². The van der Waals surface area contributed by atoms with Crippen molar-refractivity contribution in [3.63, 3.8) is 0 Å². The molecule has 110 valence electrons. The van der Waals surface area contributed by atoms with Gasteiger partial charge >= 0.3 is 143 Å². The quantitative estimate of drug-likeness (QED) is 0.690. The van der Waals surface area contributed by atoms with Crippen molar-refractivity contribution in [3.05, 3.63) is 68.8 Å². The van der Waals surface area contributed by atoms with Gasteiger partial charge in [0.15, 0.2) is 0 Å². The van der Waals surface area contributed by atoms with Gasteiger partial charge in [-0.3, -0.25) is 0 Å². The van der Waals surface area contributed by atoms with E-state index in [1.165, 1.54) is 67.9 Å². The zero-order valence-corrected chi connectivity index (χ0v) is 16.3. The second-order valence-corrected chi connectivity index (χ2v) is 6.71. The van der Waals surface area contributed by atoms with Gasteiger partial charge in [0.2, 0.25) is 0 Å². The van der Waals surface area contributed by atoms with E-state index in [9.17, 15) is 0 Å². The molecule has 0 N–H and O–H groups in total. The van der Waals surface area contributed by atoms with E-state index in [0.29, 0.717) is 0 Å². The van der Waals surface area contributed by atoms with Crippen LogP contribution in [0.15, 0.2) is 24.3 Å². The van der Waals surface area contributed by atoms with Crippen molar-refractivity contribution in [3.8, 4) is 0 Å². The van der Waals surface area contributed by atoms with Crippen molar-refractivity contribution in [2.45, 2.75) is 47.6 Å². The van der Waals surface area contributed by atoms with E-state index in [2.05, 4.69) is 65.8 Å². The molecule has 0 heterocycles. The molecule has 0 spiro atoms. The van der Waals surface area contributed by atoms with Gasteiger partial charge in [0.25, 0.3) is 0 Å². The van der Waals surface area contributed by atoms with Crippen LogP contribution >= 0.6 is 0 Å². The topological polar surface area (TPSA) is 9.23 Å². The monoisotopic (exact) mass is 388 g/mol. The predicted octanol–water partition coefficient (Wildman–Crippen LogP) is 4.73. The molecule has 2 rings (SSSR count). The zero-order valence-electron chi connectivity index (χ0n) is 13.7. The van der Waals surface area contributed by atoms with Gasteiger partial charge < -0.3 is 0 Å². The summed E-state index contributed by atoms with van der Waals surface area (Å²) in [6.45, 7) is 13.0. The van der Waals surface area contributed by atoms with Gasteiger partial charge in [0.05, 0.1) is 0 Å². The molecule has 0 aliphatic rings. The van der Waals surface area contributed by atoms with E-state index in [4.69, 9.17) is 3.02 Å². The zero-order chi connectivity index (χ0) is 15.7. The predicted molar refractivity (Wildman–Crippen MR) is 90.0 cm³/mol. The maximum absolute atomic E-state index is 5.98. The number of hydrogen-bond acceptors (Lipinski definition) is 1. The van der Waals surface area contributed by atoms with Crippen LogP contribution in [-0.2, 0) is 3.02 Å². The molecule has 0 aliphatic carbocycles. The summed E-state index contributed by atoms with van der Waals surface area (Å²) in [7, 11) is 0. The van der Waals surface area contributed by atoms with E-state index in [-0.39, 0.29) is 6.10 Å². The first-order valence-corrected chi connectivity index (χ1v) is 8.35. The summed E-state index contributed by atoms with van der Waals surface area (Å²) in [5.74, 6) is 0. The fraction of sp³-hybridized carbons (Fsp3) is 0.368. The second kappa shape index (κ2) is 6.54. The van der Waals surface area contributed by atoms with Crippen molar-refractivity contribution >= 4 is 23.4 Å². The molecule has 2 aromatic rings. The van der Waals surface area contributed by atoms with Crippen LogP contribution in [0.1, 0.15) is 50.6 Å². The Hall–Kier alpha value is -0.782. The van der Waals surface area contributed by atoms with E-state index >= 15 is 0 Å². The molecule has 21 heavy (non-hydrogen) atoms. The average molecular weight is 389 g/mol. The van der Waals surface area contributed by atoms with Gasteiger partial charge in [-0.2, -0.15) is 0 Å². The van der Waals surface area contributed by atoms with Crippen LogP contribution < -0.4 is 0 Å². The Balaban J connectivity index is 2.66. The van der Waals surface area contributed by atoms with Crippen LogP contribution in [0, 0.1) is 41.5 Å². The fourth-order valence-electron chi connectivity index (χ4n) is 3.46. The maximum atomic E-state index is 5.98. The van der Waals surface area contributed by atoms with Crippen molar-refractivity contribution in [1.29, 1.82) is 0 Å². The number of aryl methyl sites for hydroxylation is 6. The third kappa shape index (κ3) is 3.35. The Morgan fingerprint density at radius 3 is 1.19 bits per heavy atom. The SMILES string of the molecule is Cc1cc(C)c(C([O][Sb])c2c(C)cc(C)cc2C)c(C)c1. The van der Waals surface area contributed by atoms with Gasteiger partial charge in [-0.25, -0.2) is 0 Å². The van der Waals surface area contributed by atoms with Crippen LogP contribution in [0.25, 0.3) is 0 Å². The van der Waals surface area contributed by atoms with E-state index in [0.717, 1.165) is 0 Å². The average Bonchev–Trinajstić information content (AvgIpc) is 2.34. The molecule has 2 heteroatoms. The molecule has 0 saturated heterocycles. The summed E-state index contributed by atoms with van der Waals surface area (Å²) in [5.41, 5.74) is 10.5. The standard InChI is InChI=1S/C19H23O.Sb/c1-11-7-13(3)17(14(4)8-11)19(20)18-15(5)9-12(2)10-16(18)6;/h7-10,19H,1-6H3;/q-1;+1. The number of rotatable bonds is 3. The normalized spacial score (nSPS) is 11.2. The summed E-state index contributed by atoms with van der Waals surface area (Å²) in [4.78, 5) is 0. The molecular weight excluding hydrogens is 366 g/mol. The second-order valence-electron chi connectivity index (χ2n) is 6.11. The molecule has 0 amide bonds. The number of hydrogen-bond donors (Lipinski definition) is 0. The van der Waals surface area contributed by atoms with Crippen molar-refractivity contribution in [1.82, 2.24) is 0 Å². The molecule has 2 radical (unpaired) electrons. The van der Waals surface area contributed by atoms with E-state index in [1.54, 1.807) is 0 Å². The van der Waals surface area contributed by atoms with Crippen molar-refractivity contribution in [2.24, 2.45) is 0 Å². The molecule has 0 aromatic heterocycles. The summed E-state index contributed by atoms with van der Waals surface area (Å²) in [6, 6.07) is 9.00. The van der Waals surface area contributed by atoms with Crippen LogP contribution in [0.5, 0.6) is 0 Å². The number of benzene rings is 2. The Labute approximate surface area is 142 Å². The third-order valence-electron chi connectivity index (χ3n) is 4.11. The summed E-state index contributed by atoms with van der Waals surface area (Å²) >= 11 is 1.42. The Kier molecular flexibility index (Phi) is 5.17. The molecule has 0 bridgehead atoms. The van der Waals surface area contributed by atoms with Crippen molar-refractivity contribution in [2.75, 3.05) is 0 Å². The van der Waals surface area contributed by atoms with Gasteiger partial charge in [0.1, 0.15) is 0 Å². The minimum absolute atomic E-state index is 0.0280. The molecule has 1 nitrogen and oxygen atoms in total. The molecule has 2 aromatic carbocycles. The summed E-state index contributed by atoms with van der Waals surface area (Å²) in [5, 5.41) is 0. The van der Waals surface area contributed by atoms with Gasteiger partial charge in [-0.15, -0.1) is 0 Å². The van der Waals surface area contributed by atoms with E-state index in [1.807, 2.05) is 0 Å². The van der Waals surface area contributed by atoms with Gasteiger partial charge in [-0.05, 0) is 0 Å². The minimum atomic E-state index is 0.0280. The first-order valence-electron chi connectivity index (χ1n) is 7.31.